The molecule has 150 valence electrons. The zero-order valence-corrected chi connectivity index (χ0v) is 17.1. The molecular weight excluding hydrogens is 366 g/mol. The second kappa shape index (κ2) is 8.03. The molecule has 4 rings (SSSR count). The highest BCUT2D eigenvalue weighted by molar-refractivity contribution is 5.93. The molecule has 0 saturated heterocycles. The summed E-state index contributed by atoms with van der Waals surface area (Å²) in [5.41, 5.74) is 2.10. The number of aromatic nitrogens is 5. The molecule has 0 atom stereocenters. The molecule has 0 aliphatic heterocycles. The number of ether oxygens (including phenoxy) is 1. The fourth-order valence-corrected chi connectivity index (χ4v) is 3.64. The first kappa shape index (κ1) is 19.1. The van der Waals surface area contributed by atoms with Crippen molar-refractivity contribution in [1.29, 1.82) is 0 Å². The third kappa shape index (κ3) is 3.60. The monoisotopic (exact) mass is 391 g/mol. The van der Waals surface area contributed by atoms with Crippen LogP contribution >= 0.6 is 0 Å². The third-order valence-corrected chi connectivity index (χ3v) is 5.10. The van der Waals surface area contributed by atoms with Gasteiger partial charge in [0.15, 0.2) is 0 Å². The molecule has 3 aromatic heterocycles. The maximum absolute atomic E-state index is 13.4. The number of hydrogen-bond acceptors (Lipinski definition) is 5. The molecule has 0 aliphatic rings. The summed E-state index contributed by atoms with van der Waals surface area (Å²) in [5, 5.41) is 5.06. The summed E-state index contributed by atoms with van der Waals surface area (Å²) in [6.07, 6.45) is 6.27. The minimum atomic E-state index is -0.0561. The number of benzene rings is 1. The molecule has 3 heterocycles. The lowest BCUT2D eigenvalue weighted by molar-refractivity contribution is 0.415. The van der Waals surface area contributed by atoms with Crippen LogP contribution in [0.3, 0.4) is 0 Å². The predicted molar refractivity (Wildman–Crippen MR) is 113 cm³/mol. The Labute approximate surface area is 169 Å². The van der Waals surface area contributed by atoms with Crippen LogP contribution in [0.25, 0.3) is 27.9 Å². The van der Waals surface area contributed by atoms with E-state index in [-0.39, 0.29) is 5.56 Å². The van der Waals surface area contributed by atoms with E-state index >= 15 is 0 Å². The predicted octanol–water partition coefficient (Wildman–Crippen LogP) is 4.00. The van der Waals surface area contributed by atoms with E-state index in [4.69, 9.17) is 4.74 Å². The molecular formula is C22H25N5O2. The molecule has 0 unspecified atom stereocenters. The Balaban J connectivity index is 1.96. The van der Waals surface area contributed by atoms with Gasteiger partial charge in [0, 0.05) is 18.3 Å². The zero-order chi connectivity index (χ0) is 20.4. The number of unbranched alkanes of at least 4 members (excludes halogenated alkanes) is 3. The van der Waals surface area contributed by atoms with Crippen LogP contribution in [0, 0.1) is 6.92 Å². The average Bonchev–Trinajstić information content (AvgIpc) is 3.10. The van der Waals surface area contributed by atoms with Gasteiger partial charge in [0.25, 0.3) is 11.3 Å². The van der Waals surface area contributed by atoms with Crippen LogP contribution in [0.1, 0.15) is 38.4 Å². The van der Waals surface area contributed by atoms with E-state index in [0.29, 0.717) is 40.5 Å². The van der Waals surface area contributed by atoms with Crippen molar-refractivity contribution in [2.24, 2.45) is 0 Å². The Hall–Kier alpha value is -3.22. The van der Waals surface area contributed by atoms with Crippen molar-refractivity contribution in [3.8, 4) is 17.0 Å². The molecule has 0 fully saturated rings. The Morgan fingerprint density at radius 3 is 2.76 bits per heavy atom. The Kier molecular flexibility index (Phi) is 5.29. The molecule has 0 saturated carbocycles. The average molecular weight is 391 g/mol. The minimum absolute atomic E-state index is 0.0561. The van der Waals surface area contributed by atoms with Gasteiger partial charge in [0.1, 0.15) is 11.6 Å². The second-order valence-corrected chi connectivity index (χ2v) is 7.20. The van der Waals surface area contributed by atoms with E-state index < -0.39 is 0 Å². The van der Waals surface area contributed by atoms with E-state index in [1.807, 2.05) is 43.5 Å². The van der Waals surface area contributed by atoms with E-state index in [0.717, 1.165) is 18.4 Å². The number of fused-ring (bicyclic) bond motifs is 2. The van der Waals surface area contributed by atoms with Gasteiger partial charge in [0.2, 0.25) is 0 Å². The van der Waals surface area contributed by atoms with E-state index in [2.05, 4.69) is 22.0 Å². The van der Waals surface area contributed by atoms with Crippen molar-refractivity contribution in [3.63, 3.8) is 0 Å². The molecule has 0 bridgehead atoms. The Morgan fingerprint density at radius 1 is 1.10 bits per heavy atom. The normalized spacial score (nSPS) is 11.4. The smallest absolute Gasteiger partial charge is 0.262 e. The first-order chi connectivity index (χ1) is 14.1. The summed E-state index contributed by atoms with van der Waals surface area (Å²) in [5.74, 6) is 1.80. The SMILES string of the molecule is CCCCCCn1ccc2nc3nc(C)nn3c(-c3cccc(OC)c3)c2c1=O. The molecule has 7 heteroatoms. The molecule has 0 amide bonds. The highest BCUT2D eigenvalue weighted by Crippen LogP contribution is 2.28. The van der Waals surface area contributed by atoms with Crippen molar-refractivity contribution in [2.75, 3.05) is 7.11 Å². The molecule has 29 heavy (non-hydrogen) atoms. The summed E-state index contributed by atoms with van der Waals surface area (Å²) in [7, 11) is 1.63. The number of rotatable bonds is 7. The van der Waals surface area contributed by atoms with Gasteiger partial charge < -0.3 is 9.30 Å². The van der Waals surface area contributed by atoms with Gasteiger partial charge in [-0.3, -0.25) is 4.79 Å². The molecule has 0 aliphatic carbocycles. The van der Waals surface area contributed by atoms with Crippen LogP contribution < -0.4 is 10.3 Å². The third-order valence-electron chi connectivity index (χ3n) is 5.10. The maximum Gasteiger partial charge on any atom is 0.262 e. The highest BCUT2D eigenvalue weighted by Gasteiger charge is 2.18. The molecule has 0 N–H and O–H groups in total. The van der Waals surface area contributed by atoms with Crippen LogP contribution in [0.5, 0.6) is 5.75 Å². The fourth-order valence-electron chi connectivity index (χ4n) is 3.64. The van der Waals surface area contributed by atoms with E-state index in [1.54, 1.807) is 16.2 Å². The molecule has 4 aromatic rings. The Morgan fingerprint density at radius 2 is 1.97 bits per heavy atom. The van der Waals surface area contributed by atoms with E-state index in [1.165, 1.54) is 12.8 Å². The van der Waals surface area contributed by atoms with Crippen LogP contribution in [0.4, 0.5) is 0 Å². The summed E-state index contributed by atoms with van der Waals surface area (Å²) in [6, 6.07) is 9.53. The first-order valence-electron chi connectivity index (χ1n) is 10.0. The number of pyridine rings is 1. The van der Waals surface area contributed by atoms with Gasteiger partial charge in [-0.1, -0.05) is 38.3 Å². The summed E-state index contributed by atoms with van der Waals surface area (Å²) in [6.45, 7) is 4.70. The largest absolute Gasteiger partial charge is 0.497 e. The van der Waals surface area contributed by atoms with Gasteiger partial charge in [-0.25, -0.2) is 4.98 Å². The number of nitrogens with zero attached hydrogens (tertiary/aromatic N) is 5. The Bertz CT molecular complexity index is 1230. The van der Waals surface area contributed by atoms with Gasteiger partial charge in [-0.15, -0.1) is 5.10 Å². The zero-order valence-electron chi connectivity index (χ0n) is 17.1. The fraction of sp³-hybridized carbons (Fsp3) is 0.364. The van der Waals surface area contributed by atoms with Gasteiger partial charge in [0.05, 0.1) is 23.7 Å². The molecule has 7 nitrogen and oxygen atoms in total. The number of aryl methyl sites for hydroxylation is 2. The van der Waals surface area contributed by atoms with Crippen LogP contribution in [0.2, 0.25) is 0 Å². The highest BCUT2D eigenvalue weighted by atomic mass is 16.5. The molecule has 1 aromatic carbocycles. The van der Waals surface area contributed by atoms with Crippen molar-refractivity contribution < 1.29 is 4.74 Å². The van der Waals surface area contributed by atoms with Crippen LogP contribution in [0.15, 0.2) is 41.3 Å². The van der Waals surface area contributed by atoms with Crippen molar-refractivity contribution in [2.45, 2.75) is 46.1 Å². The topological polar surface area (TPSA) is 74.3 Å². The summed E-state index contributed by atoms with van der Waals surface area (Å²) in [4.78, 5) is 22.4. The quantitative estimate of drug-likeness (QED) is 0.445. The summed E-state index contributed by atoms with van der Waals surface area (Å²) < 4.78 is 8.83. The molecule has 0 spiro atoms. The van der Waals surface area contributed by atoms with Crippen LogP contribution in [-0.2, 0) is 6.54 Å². The standard InChI is InChI=1S/C22H25N5O2/c1-4-5-6-7-12-26-13-11-18-19(21(26)28)20(16-9-8-10-17(14-16)29-3)27-22(24-18)23-15(2)25-27/h8-11,13-14H,4-7,12H2,1-3H3. The van der Waals surface area contributed by atoms with Crippen molar-refractivity contribution in [1.82, 2.24) is 24.1 Å². The minimum Gasteiger partial charge on any atom is -0.497 e. The summed E-state index contributed by atoms with van der Waals surface area (Å²) >= 11 is 0. The van der Waals surface area contributed by atoms with Crippen molar-refractivity contribution >= 4 is 16.7 Å². The number of hydrogen-bond donors (Lipinski definition) is 0. The lowest BCUT2D eigenvalue weighted by atomic mass is 10.1. The first-order valence-corrected chi connectivity index (χ1v) is 10.0. The van der Waals surface area contributed by atoms with Crippen LogP contribution in [-0.4, -0.2) is 31.3 Å². The maximum atomic E-state index is 13.4. The van der Waals surface area contributed by atoms with Crippen molar-refractivity contribution in [3.05, 3.63) is 52.7 Å². The lowest BCUT2D eigenvalue weighted by Gasteiger charge is -2.12. The second-order valence-electron chi connectivity index (χ2n) is 7.20. The number of methoxy groups -OCH3 is 1. The van der Waals surface area contributed by atoms with Gasteiger partial charge in [-0.05, 0) is 31.5 Å². The lowest BCUT2D eigenvalue weighted by Crippen LogP contribution is -2.21. The van der Waals surface area contributed by atoms with Gasteiger partial charge >= 0.3 is 0 Å². The van der Waals surface area contributed by atoms with E-state index in [9.17, 15) is 4.79 Å². The van der Waals surface area contributed by atoms with Gasteiger partial charge in [-0.2, -0.15) is 9.50 Å². The molecule has 0 radical (unpaired) electrons.